The van der Waals surface area contributed by atoms with Crippen LogP contribution in [0.15, 0.2) is 45.9 Å². The minimum absolute atomic E-state index is 0.337. The smallest absolute Gasteiger partial charge is 0.356 e. The van der Waals surface area contributed by atoms with Gasteiger partial charge in [0.1, 0.15) is 11.7 Å². The summed E-state index contributed by atoms with van der Waals surface area (Å²) in [6, 6.07) is 10.1. The van der Waals surface area contributed by atoms with Crippen molar-refractivity contribution < 1.29 is 17.7 Å². The van der Waals surface area contributed by atoms with Crippen LogP contribution >= 0.6 is 0 Å². The van der Waals surface area contributed by atoms with Crippen molar-refractivity contribution in [3.63, 3.8) is 0 Å². The summed E-state index contributed by atoms with van der Waals surface area (Å²) in [7, 11) is 1.66. The zero-order valence-corrected chi connectivity index (χ0v) is 15.9. The van der Waals surface area contributed by atoms with Crippen molar-refractivity contribution in [2.24, 2.45) is 4.99 Å². The van der Waals surface area contributed by atoms with E-state index >= 15 is 0 Å². The summed E-state index contributed by atoms with van der Waals surface area (Å²) in [6.07, 6.45) is -4.20. The molecule has 1 saturated heterocycles. The highest BCUT2D eigenvalue weighted by Gasteiger charge is 2.41. The number of rotatable bonds is 4. The topological polar surface area (TPSA) is 56.9 Å². The van der Waals surface area contributed by atoms with Crippen LogP contribution in [0, 0.1) is 0 Å². The molecule has 1 N–H and O–H groups in total. The van der Waals surface area contributed by atoms with E-state index < -0.39 is 12.2 Å². The Kier molecular flexibility index (Phi) is 6.23. The molecule has 1 aliphatic rings. The second kappa shape index (κ2) is 8.64. The van der Waals surface area contributed by atoms with Crippen LogP contribution in [0.3, 0.4) is 0 Å². The lowest BCUT2D eigenvalue weighted by Gasteiger charge is -2.39. The van der Waals surface area contributed by atoms with Crippen LogP contribution in [-0.2, 0) is 6.54 Å². The third-order valence-corrected chi connectivity index (χ3v) is 4.89. The van der Waals surface area contributed by atoms with Crippen molar-refractivity contribution in [2.75, 3.05) is 33.2 Å². The molecule has 1 fully saturated rings. The van der Waals surface area contributed by atoms with Crippen molar-refractivity contribution >= 4 is 5.96 Å². The first-order valence-electron chi connectivity index (χ1n) is 9.16. The van der Waals surface area contributed by atoms with Gasteiger partial charge in [-0.3, -0.25) is 9.89 Å². The average Bonchev–Trinajstić information content (AvgIpc) is 3.17. The molecule has 1 unspecified atom stereocenters. The van der Waals surface area contributed by atoms with E-state index in [-0.39, 0.29) is 0 Å². The number of alkyl halides is 3. The average molecular weight is 395 g/mol. The number of nitrogens with zero attached hydrogens (tertiary/aromatic N) is 4. The molecule has 0 aliphatic carbocycles. The Morgan fingerprint density at radius 2 is 1.89 bits per heavy atom. The molecule has 0 bridgehead atoms. The molecule has 1 aromatic heterocycles. The minimum atomic E-state index is -4.20. The van der Waals surface area contributed by atoms with E-state index in [1.54, 1.807) is 7.05 Å². The Balaban J connectivity index is 1.53. The fourth-order valence-electron chi connectivity index (χ4n) is 3.16. The third-order valence-electron chi connectivity index (χ3n) is 4.89. The Hall–Kier alpha value is -2.55. The molecule has 0 amide bonds. The van der Waals surface area contributed by atoms with Gasteiger partial charge in [-0.05, 0) is 6.92 Å². The molecule has 2 heterocycles. The maximum atomic E-state index is 12.9. The number of hydrogen-bond acceptors (Lipinski definition) is 4. The number of benzene rings is 1. The molecule has 9 heteroatoms. The zero-order valence-electron chi connectivity index (χ0n) is 15.9. The molecule has 1 atom stereocenters. The molecule has 1 aliphatic heterocycles. The minimum Gasteiger partial charge on any atom is -0.356 e. The second-order valence-corrected chi connectivity index (χ2v) is 6.69. The predicted molar refractivity (Wildman–Crippen MR) is 101 cm³/mol. The Morgan fingerprint density at radius 3 is 2.50 bits per heavy atom. The van der Waals surface area contributed by atoms with Gasteiger partial charge in [-0.1, -0.05) is 35.5 Å². The van der Waals surface area contributed by atoms with Crippen molar-refractivity contribution in [3.8, 4) is 11.3 Å². The lowest BCUT2D eigenvalue weighted by molar-refractivity contribution is -0.181. The maximum absolute atomic E-state index is 12.9. The van der Waals surface area contributed by atoms with Crippen LogP contribution < -0.4 is 5.32 Å². The van der Waals surface area contributed by atoms with E-state index in [0.29, 0.717) is 44.4 Å². The molecular weight excluding hydrogens is 371 g/mol. The van der Waals surface area contributed by atoms with E-state index in [0.717, 1.165) is 11.3 Å². The fourth-order valence-corrected chi connectivity index (χ4v) is 3.16. The van der Waals surface area contributed by atoms with Crippen LogP contribution in [0.5, 0.6) is 0 Å². The van der Waals surface area contributed by atoms with Gasteiger partial charge in [0.2, 0.25) is 0 Å². The Bertz CT molecular complexity index is 782. The summed E-state index contributed by atoms with van der Waals surface area (Å²) >= 11 is 0. The van der Waals surface area contributed by atoms with Gasteiger partial charge in [0.25, 0.3) is 0 Å². The predicted octanol–water partition coefficient (Wildman–Crippen LogP) is 2.99. The first-order valence-corrected chi connectivity index (χ1v) is 9.16. The SMILES string of the molecule is CN=C(NCc1cc(-c2ccccc2)on1)N1CCN(C(C)C(F)(F)F)CC1. The van der Waals surface area contributed by atoms with E-state index in [9.17, 15) is 13.2 Å². The summed E-state index contributed by atoms with van der Waals surface area (Å²) in [6.45, 7) is 3.26. The van der Waals surface area contributed by atoms with Crippen molar-refractivity contribution in [1.29, 1.82) is 0 Å². The highest BCUT2D eigenvalue weighted by atomic mass is 19.4. The standard InChI is InChI=1S/C19H24F3N5O/c1-14(19(20,21)22)26-8-10-27(11-9-26)18(23-2)24-13-16-12-17(28-25-16)15-6-4-3-5-7-15/h3-7,12,14H,8-11,13H2,1-2H3,(H,23,24). The van der Waals surface area contributed by atoms with Crippen LogP contribution in [0.4, 0.5) is 13.2 Å². The van der Waals surface area contributed by atoms with Crippen molar-refractivity contribution in [1.82, 2.24) is 20.3 Å². The Morgan fingerprint density at radius 1 is 1.21 bits per heavy atom. The number of guanidine groups is 1. The fraction of sp³-hybridized carbons (Fsp3) is 0.474. The van der Waals surface area contributed by atoms with E-state index in [4.69, 9.17) is 4.52 Å². The molecule has 1 aromatic carbocycles. The monoisotopic (exact) mass is 395 g/mol. The lowest BCUT2D eigenvalue weighted by Crippen LogP contribution is -2.56. The maximum Gasteiger partial charge on any atom is 0.403 e. The van der Waals surface area contributed by atoms with Crippen LogP contribution in [0.2, 0.25) is 0 Å². The second-order valence-electron chi connectivity index (χ2n) is 6.69. The third kappa shape index (κ3) is 4.83. The van der Waals surface area contributed by atoms with Gasteiger partial charge in [-0.15, -0.1) is 0 Å². The number of aliphatic imine (C=N–C) groups is 1. The summed E-state index contributed by atoms with van der Waals surface area (Å²) in [5.74, 6) is 1.32. The largest absolute Gasteiger partial charge is 0.403 e. The van der Waals surface area contributed by atoms with Crippen LogP contribution in [0.1, 0.15) is 12.6 Å². The number of aromatic nitrogens is 1. The van der Waals surface area contributed by atoms with Crippen molar-refractivity contribution in [3.05, 3.63) is 42.1 Å². The number of nitrogens with one attached hydrogen (secondary N) is 1. The first-order chi connectivity index (χ1) is 13.4. The highest BCUT2D eigenvalue weighted by Crippen LogP contribution is 2.25. The van der Waals surface area contributed by atoms with E-state index in [1.807, 2.05) is 41.3 Å². The van der Waals surface area contributed by atoms with Gasteiger partial charge in [0, 0.05) is 44.9 Å². The number of hydrogen-bond donors (Lipinski definition) is 1. The molecule has 152 valence electrons. The summed E-state index contributed by atoms with van der Waals surface area (Å²) < 4.78 is 44.0. The number of piperazine rings is 1. The van der Waals surface area contributed by atoms with Crippen LogP contribution in [-0.4, -0.2) is 66.4 Å². The van der Waals surface area contributed by atoms with Gasteiger partial charge in [0.05, 0.1) is 6.54 Å². The normalized spacial score (nSPS) is 17.6. The molecular formula is C19H24F3N5O. The van der Waals surface area contributed by atoms with Crippen molar-refractivity contribution in [2.45, 2.75) is 25.7 Å². The first kappa shape index (κ1) is 20.2. The molecule has 3 rings (SSSR count). The summed E-state index contributed by atoms with van der Waals surface area (Å²) in [5, 5.41) is 7.27. The Labute approximate surface area is 162 Å². The van der Waals surface area contributed by atoms with Gasteiger partial charge >= 0.3 is 6.18 Å². The molecule has 0 radical (unpaired) electrons. The highest BCUT2D eigenvalue weighted by molar-refractivity contribution is 5.80. The molecule has 28 heavy (non-hydrogen) atoms. The summed E-state index contributed by atoms with van der Waals surface area (Å²) in [4.78, 5) is 7.65. The molecule has 2 aromatic rings. The molecule has 0 spiro atoms. The van der Waals surface area contributed by atoms with Gasteiger partial charge in [-0.2, -0.15) is 13.2 Å². The molecule has 0 saturated carbocycles. The van der Waals surface area contributed by atoms with Gasteiger partial charge in [0.15, 0.2) is 11.7 Å². The van der Waals surface area contributed by atoms with Gasteiger partial charge < -0.3 is 14.7 Å². The van der Waals surface area contributed by atoms with E-state index in [2.05, 4.69) is 15.5 Å². The number of halogens is 3. The molecule has 6 nitrogen and oxygen atoms in total. The quantitative estimate of drug-likeness (QED) is 0.637. The zero-order chi connectivity index (χ0) is 20.1. The summed E-state index contributed by atoms with van der Waals surface area (Å²) in [5.41, 5.74) is 1.67. The van der Waals surface area contributed by atoms with Gasteiger partial charge in [-0.25, -0.2) is 0 Å². The van der Waals surface area contributed by atoms with E-state index in [1.165, 1.54) is 11.8 Å². The lowest BCUT2D eigenvalue weighted by atomic mass is 10.2. The van der Waals surface area contributed by atoms with Crippen LogP contribution in [0.25, 0.3) is 11.3 Å².